The number of hydrogen-bond acceptors (Lipinski definition) is 6. The first-order valence-corrected chi connectivity index (χ1v) is 9.81. The van der Waals surface area contributed by atoms with Crippen molar-refractivity contribution in [2.75, 3.05) is 23.7 Å². The molecule has 8 nitrogen and oxygen atoms in total. The van der Waals surface area contributed by atoms with Crippen LogP contribution in [0.4, 0.5) is 29.1 Å². The van der Waals surface area contributed by atoms with E-state index in [1.54, 1.807) is 6.07 Å². The zero-order valence-electron chi connectivity index (χ0n) is 16.7. The molecule has 3 N–H and O–H groups in total. The summed E-state index contributed by atoms with van der Waals surface area (Å²) in [4.78, 5) is 20.6. The number of benzene rings is 2. The summed E-state index contributed by atoms with van der Waals surface area (Å²) in [5.74, 6) is -0.181. The number of rotatable bonds is 5. The normalized spacial score (nSPS) is 12.0. The number of nitrogens with one attached hydrogen (secondary N) is 3. The minimum atomic E-state index is -4.44. The third-order valence-electron chi connectivity index (χ3n) is 5.10. The predicted molar refractivity (Wildman–Crippen MR) is 115 cm³/mol. The van der Waals surface area contributed by atoms with Crippen molar-refractivity contribution < 1.29 is 17.6 Å². The summed E-state index contributed by atoms with van der Waals surface area (Å²) in [6.07, 6.45) is -3.01. The molecule has 0 amide bonds. The van der Waals surface area contributed by atoms with Crippen molar-refractivity contribution in [3.63, 3.8) is 0 Å². The number of aromatic nitrogens is 5. The molecule has 2 aromatic carbocycles. The number of halogens is 4. The van der Waals surface area contributed by atoms with E-state index in [-0.39, 0.29) is 16.7 Å². The first-order valence-electron chi connectivity index (χ1n) is 9.81. The van der Waals surface area contributed by atoms with Gasteiger partial charge in [0.15, 0.2) is 5.82 Å². The van der Waals surface area contributed by atoms with Gasteiger partial charge in [0, 0.05) is 36.4 Å². The summed E-state index contributed by atoms with van der Waals surface area (Å²) in [6, 6.07) is 8.99. The molecule has 0 radical (unpaired) electrons. The summed E-state index contributed by atoms with van der Waals surface area (Å²) < 4.78 is 53.7. The van der Waals surface area contributed by atoms with Gasteiger partial charge in [-0.3, -0.25) is 4.98 Å². The van der Waals surface area contributed by atoms with Crippen LogP contribution in [0.3, 0.4) is 0 Å². The predicted octanol–water partition coefficient (Wildman–Crippen LogP) is 3.80. The fourth-order valence-electron chi connectivity index (χ4n) is 3.60. The Morgan fingerprint density at radius 2 is 1.82 bits per heavy atom. The molecule has 0 aliphatic carbocycles. The van der Waals surface area contributed by atoms with Crippen molar-refractivity contribution in [1.29, 1.82) is 0 Å². The summed E-state index contributed by atoms with van der Waals surface area (Å²) >= 11 is 0. The van der Waals surface area contributed by atoms with E-state index in [2.05, 4.69) is 30.8 Å². The van der Waals surface area contributed by atoms with Crippen LogP contribution in [0.2, 0.25) is 0 Å². The van der Waals surface area contributed by atoms with Crippen LogP contribution in [0.1, 0.15) is 5.56 Å². The van der Waals surface area contributed by atoms with E-state index in [1.165, 1.54) is 34.9 Å². The number of aromatic amines is 1. The van der Waals surface area contributed by atoms with Gasteiger partial charge in [-0.1, -0.05) is 6.07 Å². The number of pyridine rings is 1. The summed E-state index contributed by atoms with van der Waals surface area (Å²) in [5.41, 5.74) is 0.472. The highest BCUT2D eigenvalue weighted by atomic mass is 19.4. The molecule has 0 bridgehead atoms. The Hall–Kier alpha value is -4.22. The lowest BCUT2D eigenvalue weighted by Crippen LogP contribution is -2.17. The fraction of sp³-hybridized carbons (Fsp3) is 0.143. The van der Waals surface area contributed by atoms with Crippen molar-refractivity contribution in [2.45, 2.75) is 6.18 Å². The van der Waals surface area contributed by atoms with E-state index < -0.39 is 23.2 Å². The molecule has 3 aromatic heterocycles. The Labute approximate surface area is 182 Å². The second-order valence-corrected chi connectivity index (χ2v) is 7.22. The highest BCUT2D eigenvalue weighted by Gasteiger charge is 2.30. The van der Waals surface area contributed by atoms with E-state index in [9.17, 15) is 22.4 Å². The first-order chi connectivity index (χ1) is 15.8. The third-order valence-corrected chi connectivity index (χ3v) is 5.10. The van der Waals surface area contributed by atoms with Gasteiger partial charge in [0.05, 0.1) is 22.1 Å². The van der Waals surface area contributed by atoms with Gasteiger partial charge in [-0.05, 0) is 30.3 Å². The number of hydrogen-bond donors (Lipinski definition) is 3. The van der Waals surface area contributed by atoms with Crippen LogP contribution in [-0.2, 0) is 6.18 Å². The Morgan fingerprint density at radius 3 is 2.64 bits per heavy atom. The van der Waals surface area contributed by atoms with Crippen LogP contribution in [-0.4, -0.2) is 37.7 Å². The molecule has 0 spiro atoms. The molecule has 5 aromatic rings. The fourth-order valence-corrected chi connectivity index (χ4v) is 3.60. The Bertz CT molecular complexity index is 1560. The molecule has 0 unspecified atom stereocenters. The van der Waals surface area contributed by atoms with E-state index >= 15 is 0 Å². The van der Waals surface area contributed by atoms with Gasteiger partial charge in [-0.2, -0.15) is 13.2 Å². The first kappa shape index (κ1) is 20.7. The SMILES string of the molecule is O=c1[nH]nc2c(NCCNc3ccnc4cc(C(F)(F)F)ccc34)nc3ccc(F)cc3n12. The molecule has 3 heterocycles. The molecule has 12 heteroatoms. The van der Waals surface area contributed by atoms with E-state index in [0.29, 0.717) is 35.5 Å². The molecule has 0 atom stereocenters. The Kier molecular flexibility index (Phi) is 4.84. The number of fused-ring (bicyclic) bond motifs is 4. The van der Waals surface area contributed by atoms with E-state index in [0.717, 1.165) is 12.1 Å². The Balaban J connectivity index is 1.36. The molecule has 0 aliphatic rings. The van der Waals surface area contributed by atoms with Crippen LogP contribution in [0.5, 0.6) is 0 Å². The maximum atomic E-state index is 13.6. The lowest BCUT2D eigenvalue weighted by Gasteiger charge is -2.13. The largest absolute Gasteiger partial charge is 0.416 e. The lowest BCUT2D eigenvalue weighted by molar-refractivity contribution is -0.137. The monoisotopic (exact) mass is 457 g/mol. The zero-order chi connectivity index (χ0) is 23.2. The van der Waals surface area contributed by atoms with Gasteiger partial charge in [0.25, 0.3) is 0 Å². The van der Waals surface area contributed by atoms with Gasteiger partial charge in [0.2, 0.25) is 5.65 Å². The molecule has 0 aliphatic heterocycles. The highest BCUT2D eigenvalue weighted by Crippen LogP contribution is 2.32. The molecule has 5 rings (SSSR count). The molecule has 33 heavy (non-hydrogen) atoms. The highest BCUT2D eigenvalue weighted by molar-refractivity contribution is 5.91. The average Bonchev–Trinajstić information content (AvgIpc) is 3.18. The van der Waals surface area contributed by atoms with Crippen molar-refractivity contribution in [2.24, 2.45) is 0 Å². The zero-order valence-corrected chi connectivity index (χ0v) is 16.7. The summed E-state index contributed by atoms with van der Waals surface area (Å²) in [5, 5.41) is 13.1. The quantitative estimate of drug-likeness (QED) is 0.274. The van der Waals surface area contributed by atoms with Crippen LogP contribution < -0.4 is 16.3 Å². The summed E-state index contributed by atoms with van der Waals surface area (Å²) in [6.45, 7) is 0.727. The van der Waals surface area contributed by atoms with Gasteiger partial charge < -0.3 is 10.6 Å². The van der Waals surface area contributed by atoms with Crippen molar-refractivity contribution >= 4 is 39.1 Å². The molecule has 0 fully saturated rings. The van der Waals surface area contributed by atoms with Gasteiger partial charge >= 0.3 is 11.9 Å². The number of alkyl halides is 3. The van der Waals surface area contributed by atoms with Crippen LogP contribution in [0, 0.1) is 5.82 Å². The van der Waals surface area contributed by atoms with Crippen LogP contribution in [0.25, 0.3) is 27.6 Å². The standard InChI is InChI=1S/C21H15F4N7O/c22-12-2-4-15-17(10-12)32-19(30-31-20(32)33)18(29-15)28-8-7-27-14-5-6-26-16-9-11(21(23,24)25)1-3-13(14)16/h1-6,9-10H,7-8H2,(H,26,27)(H,28,29)(H,31,33). The average molecular weight is 457 g/mol. The second kappa shape index (κ2) is 7.73. The summed E-state index contributed by atoms with van der Waals surface area (Å²) in [7, 11) is 0. The molecule has 0 saturated heterocycles. The number of H-pyrrole nitrogens is 1. The number of anilines is 2. The van der Waals surface area contributed by atoms with Crippen LogP contribution in [0.15, 0.2) is 53.5 Å². The Morgan fingerprint density at radius 1 is 1.00 bits per heavy atom. The minimum Gasteiger partial charge on any atom is -0.383 e. The molecule has 0 saturated carbocycles. The maximum absolute atomic E-state index is 13.6. The van der Waals surface area contributed by atoms with Crippen molar-refractivity contribution in [1.82, 2.24) is 24.6 Å². The van der Waals surface area contributed by atoms with Gasteiger partial charge in [-0.15, -0.1) is 5.10 Å². The maximum Gasteiger partial charge on any atom is 0.416 e. The minimum absolute atomic E-state index is 0.215. The van der Waals surface area contributed by atoms with E-state index in [1.807, 2.05) is 0 Å². The topological polar surface area (TPSA) is 100 Å². The second-order valence-electron chi connectivity index (χ2n) is 7.22. The lowest BCUT2D eigenvalue weighted by atomic mass is 10.1. The van der Waals surface area contributed by atoms with Gasteiger partial charge in [0.1, 0.15) is 5.82 Å². The molecular weight excluding hydrogens is 442 g/mol. The van der Waals surface area contributed by atoms with E-state index in [4.69, 9.17) is 0 Å². The number of nitrogens with zero attached hydrogens (tertiary/aromatic N) is 4. The van der Waals surface area contributed by atoms with Crippen molar-refractivity contribution in [3.8, 4) is 0 Å². The molecule has 168 valence electrons. The smallest absolute Gasteiger partial charge is 0.383 e. The van der Waals surface area contributed by atoms with Crippen LogP contribution >= 0.6 is 0 Å². The third kappa shape index (κ3) is 3.79. The van der Waals surface area contributed by atoms with Crippen molar-refractivity contribution in [3.05, 3.63) is 70.5 Å². The molecular formula is C21H15F4N7O. The van der Waals surface area contributed by atoms with Gasteiger partial charge in [-0.25, -0.2) is 23.7 Å².